The van der Waals surface area contributed by atoms with Crippen LogP contribution in [-0.2, 0) is 0 Å². The van der Waals surface area contributed by atoms with Crippen molar-refractivity contribution < 1.29 is 0 Å². The number of benzene rings is 11. The van der Waals surface area contributed by atoms with Crippen LogP contribution in [0.1, 0.15) is 12.0 Å². The van der Waals surface area contributed by atoms with Crippen LogP contribution >= 0.6 is 0 Å². The molecule has 2 nitrogen and oxygen atoms in total. The average molecular weight is 787 g/mol. The van der Waals surface area contributed by atoms with Crippen molar-refractivity contribution in [3.8, 4) is 22.3 Å². The second-order valence-electron chi connectivity index (χ2n) is 16.6. The molecule has 2 heterocycles. The van der Waals surface area contributed by atoms with Gasteiger partial charge in [0.2, 0.25) is 0 Å². The molecule has 13 rings (SSSR count). The van der Waals surface area contributed by atoms with E-state index in [1.165, 1.54) is 97.6 Å². The molecule has 0 fully saturated rings. The van der Waals surface area contributed by atoms with Crippen molar-refractivity contribution >= 4 is 93.3 Å². The highest BCUT2D eigenvalue weighted by molar-refractivity contribution is 6.31. The van der Waals surface area contributed by atoms with Crippen LogP contribution in [-0.4, -0.2) is 10.4 Å². The smallest absolute Gasteiger partial charge is 0.118 e. The van der Waals surface area contributed by atoms with Gasteiger partial charge in [0.15, 0.2) is 0 Å². The SMILES string of the molecule is C1=c2ccccc2=C(c2ccc(-c3ccccc3)cc2)N=C(n2c3ccc4ccccc4c3c3cc4ccccc4c(-c4ccc5c6ccccc6c6ccccc6c5c4)c32)C1. The van der Waals surface area contributed by atoms with Gasteiger partial charge in [-0.1, -0.05) is 200 Å². The highest BCUT2D eigenvalue weighted by Gasteiger charge is 2.24. The summed E-state index contributed by atoms with van der Waals surface area (Å²) in [5.74, 6) is 0.993. The second-order valence-corrected chi connectivity index (χ2v) is 16.6. The lowest BCUT2D eigenvalue weighted by Crippen LogP contribution is -2.25. The van der Waals surface area contributed by atoms with Gasteiger partial charge in [0, 0.05) is 33.5 Å². The standard InChI is InChI=1S/C60H38N2/c1-2-14-38(15-3-1)39-26-28-42(29-27-39)59-47-21-9-5-17-41(47)32-35-56(61-59)62-55-34-31-40-16-4-7-19-45(40)58(55)54-36-43-18-6-8-20-46(43)57(60(54)62)44-30-33-52-50-24-11-10-22-48(50)49-23-12-13-25-51(49)53(52)37-44/h1-34,36-37H,35H2. The van der Waals surface area contributed by atoms with Crippen LogP contribution in [0.15, 0.2) is 217 Å². The minimum Gasteiger partial charge on any atom is -0.296 e. The molecule has 0 saturated carbocycles. The molecule has 1 aromatic heterocycles. The monoisotopic (exact) mass is 786 g/mol. The molecule has 0 aliphatic carbocycles. The Morgan fingerprint density at radius 1 is 0.371 bits per heavy atom. The average Bonchev–Trinajstić information content (AvgIpc) is 3.55. The van der Waals surface area contributed by atoms with Crippen molar-refractivity contribution in [2.45, 2.75) is 6.42 Å². The summed E-state index contributed by atoms with van der Waals surface area (Å²) in [6.45, 7) is 0. The van der Waals surface area contributed by atoms with Crippen molar-refractivity contribution in [1.82, 2.24) is 4.57 Å². The minimum absolute atomic E-state index is 0.662. The fourth-order valence-corrected chi connectivity index (χ4v) is 10.4. The molecule has 1 aliphatic rings. The van der Waals surface area contributed by atoms with Crippen LogP contribution in [0.3, 0.4) is 0 Å². The summed E-state index contributed by atoms with van der Waals surface area (Å²) < 4.78 is 2.50. The van der Waals surface area contributed by atoms with Gasteiger partial charge in [0.05, 0.1) is 16.7 Å². The van der Waals surface area contributed by atoms with Gasteiger partial charge >= 0.3 is 0 Å². The number of hydrogen-bond acceptors (Lipinski definition) is 1. The summed E-state index contributed by atoms with van der Waals surface area (Å²) in [4.78, 5) is 5.82. The molecular weight excluding hydrogens is 749 g/mol. The quantitative estimate of drug-likeness (QED) is 0.159. The zero-order chi connectivity index (χ0) is 40.7. The molecule has 0 atom stereocenters. The fourth-order valence-electron chi connectivity index (χ4n) is 10.4. The van der Waals surface area contributed by atoms with Crippen LogP contribution in [0.25, 0.3) is 110 Å². The van der Waals surface area contributed by atoms with Gasteiger partial charge in [-0.25, -0.2) is 4.99 Å². The number of aromatic nitrogens is 1. The minimum atomic E-state index is 0.662. The van der Waals surface area contributed by atoms with Gasteiger partial charge in [-0.2, -0.15) is 0 Å². The van der Waals surface area contributed by atoms with Crippen LogP contribution in [0.4, 0.5) is 0 Å². The molecule has 0 spiro atoms. The van der Waals surface area contributed by atoms with E-state index in [2.05, 4.69) is 223 Å². The van der Waals surface area contributed by atoms with Crippen LogP contribution in [0.2, 0.25) is 0 Å². The molecule has 0 amide bonds. The maximum atomic E-state index is 5.82. The van der Waals surface area contributed by atoms with E-state index in [0.29, 0.717) is 6.42 Å². The highest BCUT2D eigenvalue weighted by atomic mass is 15.1. The van der Waals surface area contributed by atoms with E-state index in [1.807, 2.05) is 0 Å². The molecule has 0 bridgehead atoms. The van der Waals surface area contributed by atoms with Crippen molar-refractivity contribution in [2.75, 3.05) is 0 Å². The van der Waals surface area contributed by atoms with Crippen LogP contribution in [0.5, 0.6) is 0 Å². The van der Waals surface area contributed by atoms with E-state index in [0.717, 1.165) is 27.8 Å². The Hall–Kier alpha value is -8.07. The summed E-state index contributed by atoms with van der Waals surface area (Å²) in [6, 6.07) is 77.9. The molecular formula is C60H38N2. The molecule has 1 aliphatic heterocycles. The lowest BCUT2D eigenvalue weighted by molar-refractivity contribution is 1.21. The van der Waals surface area contributed by atoms with Gasteiger partial charge in [-0.15, -0.1) is 0 Å². The normalized spacial score (nSPS) is 13.0. The largest absolute Gasteiger partial charge is 0.296 e. The molecule has 62 heavy (non-hydrogen) atoms. The Labute approximate surface area is 358 Å². The van der Waals surface area contributed by atoms with E-state index >= 15 is 0 Å². The van der Waals surface area contributed by atoms with E-state index in [-0.39, 0.29) is 0 Å². The Morgan fingerprint density at radius 3 is 1.69 bits per heavy atom. The Morgan fingerprint density at radius 2 is 0.935 bits per heavy atom. The third kappa shape index (κ3) is 5.27. The van der Waals surface area contributed by atoms with Crippen LogP contribution < -0.4 is 10.4 Å². The number of aliphatic imine (C=N–C) groups is 1. The lowest BCUT2D eigenvalue weighted by Gasteiger charge is -2.17. The third-order valence-electron chi connectivity index (χ3n) is 13.2. The number of hydrogen-bond donors (Lipinski definition) is 0. The first-order valence-electron chi connectivity index (χ1n) is 21.5. The van der Waals surface area contributed by atoms with E-state index in [1.54, 1.807) is 0 Å². The zero-order valence-electron chi connectivity index (χ0n) is 33.9. The molecule has 2 heteroatoms. The van der Waals surface area contributed by atoms with E-state index < -0.39 is 0 Å². The van der Waals surface area contributed by atoms with Crippen molar-refractivity contribution in [3.05, 3.63) is 228 Å². The molecule has 0 radical (unpaired) electrons. The first-order chi connectivity index (χ1) is 30.8. The highest BCUT2D eigenvalue weighted by Crippen LogP contribution is 2.45. The topological polar surface area (TPSA) is 17.3 Å². The van der Waals surface area contributed by atoms with Gasteiger partial charge in [-0.3, -0.25) is 4.57 Å². The van der Waals surface area contributed by atoms with Crippen molar-refractivity contribution in [2.24, 2.45) is 4.99 Å². The second kappa shape index (κ2) is 13.7. The van der Waals surface area contributed by atoms with E-state index in [4.69, 9.17) is 4.99 Å². The van der Waals surface area contributed by atoms with Gasteiger partial charge in [0.25, 0.3) is 0 Å². The summed E-state index contributed by atoms with van der Waals surface area (Å²) in [6.07, 6.45) is 3.03. The van der Waals surface area contributed by atoms with Gasteiger partial charge in [0.1, 0.15) is 5.84 Å². The Bertz CT molecular complexity index is 3950. The zero-order valence-corrected chi connectivity index (χ0v) is 33.9. The Balaban J connectivity index is 1.15. The molecule has 0 N–H and O–H groups in total. The molecule has 288 valence electrons. The van der Waals surface area contributed by atoms with E-state index in [9.17, 15) is 0 Å². The molecule has 0 unspecified atom stereocenters. The maximum Gasteiger partial charge on any atom is 0.118 e. The van der Waals surface area contributed by atoms with Crippen LogP contribution in [0, 0.1) is 0 Å². The lowest BCUT2D eigenvalue weighted by atomic mass is 9.89. The molecule has 12 aromatic rings. The maximum absolute atomic E-state index is 5.82. The predicted molar refractivity (Wildman–Crippen MR) is 264 cm³/mol. The van der Waals surface area contributed by atoms with Crippen molar-refractivity contribution in [1.29, 1.82) is 0 Å². The summed E-state index contributed by atoms with van der Waals surface area (Å²) >= 11 is 0. The van der Waals surface area contributed by atoms with Gasteiger partial charge in [-0.05, 0) is 94.0 Å². The van der Waals surface area contributed by atoms with Crippen molar-refractivity contribution in [3.63, 3.8) is 0 Å². The molecule has 0 saturated heterocycles. The summed E-state index contributed by atoms with van der Waals surface area (Å²) in [5.41, 5.74) is 9.21. The Kier molecular flexibility index (Phi) is 7.70. The first kappa shape index (κ1) is 34.8. The number of rotatable bonds is 3. The summed E-state index contributed by atoms with van der Waals surface area (Å²) in [7, 11) is 0. The number of nitrogens with zero attached hydrogens (tertiary/aromatic N) is 2. The molecule has 11 aromatic carbocycles. The number of fused-ring (bicyclic) bond motifs is 13. The summed E-state index contributed by atoms with van der Waals surface area (Å²) in [5, 5.41) is 17.4. The third-order valence-corrected chi connectivity index (χ3v) is 13.2. The predicted octanol–water partition coefficient (Wildman–Crippen LogP) is 14.2. The first-order valence-corrected chi connectivity index (χ1v) is 21.5. The van der Waals surface area contributed by atoms with Gasteiger partial charge < -0.3 is 0 Å². The fraction of sp³-hybridized carbons (Fsp3) is 0.0167.